The fourth-order valence-corrected chi connectivity index (χ4v) is 2.29. The van der Waals surface area contributed by atoms with Gasteiger partial charge in [-0.2, -0.15) is 0 Å². The van der Waals surface area contributed by atoms with Crippen LogP contribution in [-0.2, 0) is 0 Å². The fourth-order valence-electron chi connectivity index (χ4n) is 2.29. The molecule has 1 aliphatic rings. The maximum Gasteiger partial charge on any atom is 0.232 e. The first kappa shape index (κ1) is 15.5. The van der Waals surface area contributed by atoms with Crippen molar-refractivity contribution in [3.63, 3.8) is 0 Å². The Morgan fingerprint density at radius 1 is 1.08 bits per heavy atom. The number of ketones is 1. The predicted molar refractivity (Wildman–Crippen MR) is 86.5 cm³/mol. The van der Waals surface area contributed by atoms with E-state index in [1.807, 2.05) is 0 Å². The number of allylic oxidation sites excluding steroid dienone is 3. The van der Waals surface area contributed by atoms with Gasteiger partial charge in [0.1, 0.15) is 0 Å². The van der Waals surface area contributed by atoms with Crippen LogP contribution in [0.2, 0.25) is 0 Å². The van der Waals surface area contributed by atoms with Crippen molar-refractivity contribution >= 4 is 11.9 Å². The van der Waals surface area contributed by atoms with Crippen LogP contribution in [0.3, 0.4) is 0 Å². The number of methoxy groups -OCH3 is 1. The average Bonchev–Trinajstić information content (AvgIpc) is 2.89. The zero-order valence-corrected chi connectivity index (χ0v) is 12.7. The van der Waals surface area contributed by atoms with Crippen LogP contribution in [0.15, 0.2) is 48.2 Å². The van der Waals surface area contributed by atoms with Gasteiger partial charge in [-0.3, -0.25) is 4.79 Å². The molecule has 0 amide bonds. The van der Waals surface area contributed by atoms with Crippen molar-refractivity contribution in [2.45, 2.75) is 0 Å². The second-order valence-corrected chi connectivity index (χ2v) is 5.06. The highest BCUT2D eigenvalue weighted by atomic mass is 16.5. The number of ether oxygens (including phenoxy) is 2. The first-order valence-corrected chi connectivity index (χ1v) is 7.04. The minimum atomic E-state index is -0.462. The number of aromatic hydroxyl groups is 3. The summed E-state index contributed by atoms with van der Waals surface area (Å²) in [6.07, 6.45) is 4.76. The van der Waals surface area contributed by atoms with Gasteiger partial charge in [-0.15, -0.1) is 0 Å². The average molecular weight is 326 g/mol. The Labute approximate surface area is 137 Å². The SMILES string of the molecule is COc1cc(C=CC=C2Oc3c(ccc(O)c3O)C2=O)ccc1O. The third-order valence-electron chi connectivity index (χ3n) is 3.53. The molecule has 0 atom stereocenters. The molecule has 2 aromatic rings. The lowest BCUT2D eigenvalue weighted by atomic mass is 10.1. The third kappa shape index (κ3) is 2.65. The van der Waals surface area contributed by atoms with Crippen molar-refractivity contribution < 1.29 is 29.6 Å². The summed E-state index contributed by atoms with van der Waals surface area (Å²) >= 11 is 0. The maximum absolute atomic E-state index is 12.2. The molecule has 0 spiro atoms. The lowest BCUT2D eigenvalue weighted by molar-refractivity contribution is 0.101. The molecule has 0 bridgehead atoms. The number of carbonyl (C=O) groups excluding carboxylic acids is 1. The monoisotopic (exact) mass is 326 g/mol. The Morgan fingerprint density at radius 3 is 2.58 bits per heavy atom. The quantitative estimate of drug-likeness (QED) is 0.593. The van der Waals surface area contributed by atoms with E-state index >= 15 is 0 Å². The van der Waals surface area contributed by atoms with Gasteiger partial charge in [0.15, 0.2) is 28.8 Å². The van der Waals surface area contributed by atoms with Crippen LogP contribution in [0.4, 0.5) is 0 Å². The largest absolute Gasteiger partial charge is 0.504 e. The smallest absolute Gasteiger partial charge is 0.232 e. The second kappa shape index (κ2) is 6.00. The molecule has 3 N–H and O–H groups in total. The molecule has 6 heteroatoms. The molecule has 1 heterocycles. The molecule has 0 radical (unpaired) electrons. The van der Waals surface area contributed by atoms with Gasteiger partial charge in [-0.1, -0.05) is 18.2 Å². The van der Waals surface area contributed by atoms with Crippen molar-refractivity contribution in [2.75, 3.05) is 7.11 Å². The van der Waals surface area contributed by atoms with Crippen LogP contribution in [0.1, 0.15) is 15.9 Å². The van der Waals surface area contributed by atoms with Crippen LogP contribution in [0.25, 0.3) is 6.08 Å². The fraction of sp³-hybridized carbons (Fsp3) is 0.0556. The maximum atomic E-state index is 12.2. The highest BCUT2D eigenvalue weighted by molar-refractivity contribution is 6.13. The summed E-state index contributed by atoms with van der Waals surface area (Å²) in [5, 5.41) is 28.7. The number of hydrogen-bond donors (Lipinski definition) is 3. The van der Waals surface area contributed by atoms with E-state index in [-0.39, 0.29) is 34.4 Å². The van der Waals surface area contributed by atoms with Gasteiger partial charge in [0.2, 0.25) is 11.5 Å². The number of Topliss-reactive ketones (excluding diaryl/α,β-unsaturated/α-hetero) is 1. The van der Waals surface area contributed by atoms with Crippen molar-refractivity contribution in [1.29, 1.82) is 0 Å². The molecule has 0 fully saturated rings. The van der Waals surface area contributed by atoms with E-state index in [1.165, 1.54) is 31.4 Å². The Hall–Kier alpha value is -3.41. The Bertz CT molecular complexity index is 879. The minimum Gasteiger partial charge on any atom is -0.504 e. The van der Waals surface area contributed by atoms with E-state index in [4.69, 9.17) is 9.47 Å². The van der Waals surface area contributed by atoms with Gasteiger partial charge in [-0.05, 0) is 35.9 Å². The van der Waals surface area contributed by atoms with E-state index in [2.05, 4.69) is 0 Å². The van der Waals surface area contributed by atoms with E-state index in [0.29, 0.717) is 5.75 Å². The molecular formula is C18H14O6. The number of carbonyl (C=O) groups is 1. The van der Waals surface area contributed by atoms with Crippen LogP contribution in [-0.4, -0.2) is 28.2 Å². The zero-order valence-electron chi connectivity index (χ0n) is 12.7. The van der Waals surface area contributed by atoms with E-state index < -0.39 is 5.75 Å². The lowest BCUT2D eigenvalue weighted by Crippen LogP contribution is -1.97. The Kier molecular flexibility index (Phi) is 3.87. The number of phenolic OH excluding ortho intramolecular Hbond substituents is 3. The van der Waals surface area contributed by atoms with Crippen LogP contribution in [0.5, 0.6) is 28.7 Å². The van der Waals surface area contributed by atoms with Gasteiger partial charge >= 0.3 is 0 Å². The van der Waals surface area contributed by atoms with Crippen LogP contribution in [0, 0.1) is 0 Å². The first-order valence-electron chi connectivity index (χ1n) is 7.04. The molecule has 0 aliphatic carbocycles. The summed E-state index contributed by atoms with van der Waals surface area (Å²) in [6, 6.07) is 7.45. The first-order chi connectivity index (χ1) is 11.5. The van der Waals surface area contributed by atoms with Gasteiger partial charge < -0.3 is 24.8 Å². The highest BCUT2D eigenvalue weighted by Crippen LogP contribution is 2.43. The summed E-state index contributed by atoms with van der Waals surface area (Å²) in [7, 11) is 1.45. The molecule has 6 nitrogen and oxygen atoms in total. The number of rotatable bonds is 3. The lowest BCUT2D eigenvalue weighted by Gasteiger charge is -2.03. The molecule has 1 aliphatic heterocycles. The number of benzene rings is 2. The van der Waals surface area contributed by atoms with Crippen molar-refractivity contribution in [3.8, 4) is 28.7 Å². The van der Waals surface area contributed by atoms with Gasteiger partial charge in [0.05, 0.1) is 12.7 Å². The summed E-state index contributed by atoms with van der Waals surface area (Å²) < 4.78 is 10.3. The summed E-state index contributed by atoms with van der Waals surface area (Å²) in [5.74, 6) is -0.836. The number of fused-ring (bicyclic) bond motifs is 1. The Morgan fingerprint density at radius 2 is 1.83 bits per heavy atom. The Balaban J connectivity index is 1.84. The number of hydrogen-bond acceptors (Lipinski definition) is 6. The van der Waals surface area contributed by atoms with E-state index in [9.17, 15) is 20.1 Å². The molecule has 3 rings (SSSR count). The second-order valence-electron chi connectivity index (χ2n) is 5.06. The molecule has 0 aromatic heterocycles. The number of phenols is 3. The van der Waals surface area contributed by atoms with Crippen molar-refractivity contribution in [3.05, 3.63) is 59.4 Å². The summed E-state index contributed by atoms with van der Waals surface area (Å²) in [6.45, 7) is 0. The summed E-state index contributed by atoms with van der Waals surface area (Å²) in [4.78, 5) is 12.2. The van der Waals surface area contributed by atoms with E-state index in [1.54, 1.807) is 24.3 Å². The molecule has 24 heavy (non-hydrogen) atoms. The zero-order chi connectivity index (χ0) is 17.3. The highest BCUT2D eigenvalue weighted by Gasteiger charge is 2.30. The third-order valence-corrected chi connectivity index (χ3v) is 3.53. The van der Waals surface area contributed by atoms with Crippen molar-refractivity contribution in [2.24, 2.45) is 0 Å². The molecule has 0 saturated heterocycles. The molecule has 0 unspecified atom stereocenters. The van der Waals surface area contributed by atoms with Crippen molar-refractivity contribution in [1.82, 2.24) is 0 Å². The van der Waals surface area contributed by atoms with Crippen LogP contribution < -0.4 is 9.47 Å². The molecule has 0 saturated carbocycles. The normalized spacial score (nSPS) is 14.9. The van der Waals surface area contributed by atoms with E-state index in [0.717, 1.165) is 5.56 Å². The molecule has 2 aromatic carbocycles. The summed E-state index contributed by atoms with van der Waals surface area (Å²) in [5.41, 5.74) is 0.946. The van der Waals surface area contributed by atoms with Gasteiger partial charge in [-0.25, -0.2) is 0 Å². The molecule has 122 valence electrons. The predicted octanol–water partition coefficient (Wildman–Crippen LogP) is 2.98. The topological polar surface area (TPSA) is 96.2 Å². The van der Waals surface area contributed by atoms with Gasteiger partial charge in [0.25, 0.3) is 0 Å². The molecular weight excluding hydrogens is 312 g/mol. The van der Waals surface area contributed by atoms with Crippen LogP contribution >= 0.6 is 0 Å². The van der Waals surface area contributed by atoms with Gasteiger partial charge in [0, 0.05) is 0 Å². The standard InChI is InChI=1S/C18H14O6/c1-23-15-9-10(5-7-12(15)19)3-2-4-14-16(21)11-6-8-13(20)17(22)18(11)24-14/h2-9,19-20,22H,1H3. The minimum absolute atomic E-state index is 0.0351.